The molecule has 2 heterocycles. The molecule has 0 atom stereocenters. The molecule has 0 spiro atoms. The van der Waals surface area contributed by atoms with Gasteiger partial charge in [-0.3, -0.25) is 9.48 Å². The van der Waals surface area contributed by atoms with E-state index in [9.17, 15) is 9.18 Å². The molecule has 1 saturated carbocycles. The molecular formula is C16H19FN8O. The number of rotatable bonds is 6. The van der Waals surface area contributed by atoms with E-state index in [4.69, 9.17) is 5.26 Å². The Morgan fingerprint density at radius 2 is 2.31 bits per heavy atom. The Bertz CT molecular complexity index is 852. The molecule has 1 aliphatic rings. The van der Waals surface area contributed by atoms with E-state index in [1.165, 1.54) is 10.9 Å². The molecule has 0 radical (unpaired) electrons. The van der Waals surface area contributed by atoms with Crippen molar-refractivity contribution < 1.29 is 9.18 Å². The van der Waals surface area contributed by atoms with E-state index < -0.39 is 11.6 Å². The van der Waals surface area contributed by atoms with Crippen LogP contribution in [0.4, 0.5) is 10.2 Å². The van der Waals surface area contributed by atoms with Gasteiger partial charge in [0, 0.05) is 37.2 Å². The summed E-state index contributed by atoms with van der Waals surface area (Å²) in [6, 6.07) is 1.76. The van der Waals surface area contributed by atoms with Crippen LogP contribution in [-0.2, 0) is 6.54 Å². The maximum absolute atomic E-state index is 14.7. The molecule has 10 heteroatoms. The van der Waals surface area contributed by atoms with E-state index in [1.807, 2.05) is 19.9 Å². The molecule has 2 aromatic heterocycles. The molecule has 0 bridgehead atoms. The zero-order valence-corrected chi connectivity index (χ0v) is 14.5. The van der Waals surface area contributed by atoms with Crippen LogP contribution in [0.1, 0.15) is 41.6 Å². The summed E-state index contributed by atoms with van der Waals surface area (Å²) in [6.07, 6.45) is 3.55. The van der Waals surface area contributed by atoms with Crippen LogP contribution in [0, 0.1) is 18.3 Å². The van der Waals surface area contributed by atoms with Crippen molar-refractivity contribution in [2.75, 3.05) is 11.9 Å². The highest BCUT2D eigenvalue weighted by Crippen LogP contribution is 2.37. The molecule has 26 heavy (non-hydrogen) atoms. The molecular weight excluding hydrogens is 339 g/mol. The SMILES string of the molecule is CCn1cc(C(=O)NCC2(F)CC(Nc3nc(C#N)ncc3C)C2)nn1. The van der Waals surface area contributed by atoms with Crippen LogP contribution in [0.3, 0.4) is 0 Å². The predicted octanol–water partition coefficient (Wildman–Crippen LogP) is 0.981. The van der Waals surface area contributed by atoms with Gasteiger partial charge in [0.1, 0.15) is 17.6 Å². The zero-order chi connectivity index (χ0) is 18.7. The number of nitriles is 1. The minimum atomic E-state index is -1.48. The van der Waals surface area contributed by atoms with Crippen LogP contribution in [-0.4, -0.2) is 49.1 Å². The van der Waals surface area contributed by atoms with E-state index in [2.05, 4.69) is 30.9 Å². The fourth-order valence-electron chi connectivity index (χ4n) is 2.79. The zero-order valence-electron chi connectivity index (χ0n) is 14.5. The lowest BCUT2D eigenvalue weighted by atomic mass is 9.77. The van der Waals surface area contributed by atoms with Crippen LogP contribution in [0.25, 0.3) is 0 Å². The van der Waals surface area contributed by atoms with Crippen LogP contribution < -0.4 is 10.6 Å². The first kappa shape index (κ1) is 17.7. The summed E-state index contributed by atoms with van der Waals surface area (Å²) in [4.78, 5) is 20.0. The summed E-state index contributed by atoms with van der Waals surface area (Å²) < 4.78 is 16.2. The van der Waals surface area contributed by atoms with Gasteiger partial charge < -0.3 is 10.6 Å². The summed E-state index contributed by atoms with van der Waals surface area (Å²) in [5.41, 5.74) is -0.523. The Balaban J connectivity index is 1.50. The lowest BCUT2D eigenvalue weighted by Gasteiger charge is -2.42. The van der Waals surface area contributed by atoms with Gasteiger partial charge in [-0.05, 0) is 13.8 Å². The monoisotopic (exact) mass is 358 g/mol. The third-order valence-corrected chi connectivity index (χ3v) is 4.30. The van der Waals surface area contributed by atoms with E-state index >= 15 is 0 Å². The molecule has 9 nitrogen and oxygen atoms in total. The quantitative estimate of drug-likeness (QED) is 0.789. The van der Waals surface area contributed by atoms with Crippen molar-refractivity contribution in [3.05, 3.63) is 29.5 Å². The summed E-state index contributed by atoms with van der Waals surface area (Å²) >= 11 is 0. The number of aromatic nitrogens is 5. The maximum atomic E-state index is 14.7. The van der Waals surface area contributed by atoms with Gasteiger partial charge in [-0.2, -0.15) is 5.26 Å². The number of nitrogens with zero attached hydrogens (tertiary/aromatic N) is 6. The molecule has 0 unspecified atom stereocenters. The van der Waals surface area contributed by atoms with Gasteiger partial charge in [-0.1, -0.05) is 5.21 Å². The highest BCUT2D eigenvalue weighted by molar-refractivity contribution is 5.91. The number of carbonyl (C=O) groups excluding carboxylic acids is 1. The number of amides is 1. The van der Waals surface area contributed by atoms with Crippen molar-refractivity contribution in [1.29, 1.82) is 5.26 Å². The molecule has 1 amide bonds. The summed E-state index contributed by atoms with van der Waals surface area (Å²) in [6.45, 7) is 4.22. The summed E-state index contributed by atoms with van der Waals surface area (Å²) in [5.74, 6) is 0.156. The second kappa shape index (κ2) is 7.03. The van der Waals surface area contributed by atoms with Crippen molar-refractivity contribution in [2.45, 2.75) is 44.9 Å². The largest absolute Gasteiger partial charge is 0.367 e. The lowest BCUT2D eigenvalue weighted by molar-refractivity contribution is 0.0476. The number of hydrogen-bond acceptors (Lipinski definition) is 7. The highest BCUT2D eigenvalue weighted by atomic mass is 19.1. The molecule has 2 N–H and O–H groups in total. The number of aryl methyl sites for hydroxylation is 2. The molecule has 2 aromatic rings. The highest BCUT2D eigenvalue weighted by Gasteiger charge is 2.45. The van der Waals surface area contributed by atoms with Crippen molar-refractivity contribution in [2.24, 2.45) is 0 Å². The number of halogens is 1. The summed E-state index contributed by atoms with van der Waals surface area (Å²) in [5, 5.41) is 22.1. The van der Waals surface area contributed by atoms with E-state index in [1.54, 1.807) is 6.20 Å². The summed E-state index contributed by atoms with van der Waals surface area (Å²) in [7, 11) is 0. The standard InChI is InChI=1S/C16H19FN8O/c1-3-25-8-12(23-24-25)15(26)20-9-16(17)4-11(5-16)21-14-10(2)7-19-13(6-18)22-14/h7-8,11H,3-5,9H2,1-2H3,(H,20,26)(H,19,21,22). The second-order valence-electron chi connectivity index (χ2n) is 6.38. The van der Waals surface area contributed by atoms with Crippen LogP contribution in [0.5, 0.6) is 0 Å². The smallest absolute Gasteiger partial charge is 0.273 e. The van der Waals surface area contributed by atoms with E-state index in [0.29, 0.717) is 12.4 Å². The van der Waals surface area contributed by atoms with Crippen molar-refractivity contribution in [1.82, 2.24) is 30.3 Å². The number of anilines is 1. The molecule has 3 rings (SSSR count). The number of nitrogens with one attached hydrogen (secondary N) is 2. The van der Waals surface area contributed by atoms with Gasteiger partial charge in [0.05, 0.1) is 12.7 Å². The van der Waals surface area contributed by atoms with Crippen LogP contribution in [0.2, 0.25) is 0 Å². The van der Waals surface area contributed by atoms with Gasteiger partial charge in [0.2, 0.25) is 5.82 Å². The van der Waals surface area contributed by atoms with Gasteiger partial charge in [0.25, 0.3) is 5.91 Å². The molecule has 1 fully saturated rings. The topological polar surface area (TPSA) is 121 Å². The van der Waals surface area contributed by atoms with Gasteiger partial charge in [0.15, 0.2) is 5.69 Å². The third-order valence-electron chi connectivity index (χ3n) is 4.30. The molecule has 0 aromatic carbocycles. The normalized spacial score (nSPS) is 21.5. The third kappa shape index (κ3) is 3.77. The number of carbonyl (C=O) groups is 1. The Hall–Kier alpha value is -3.09. The molecule has 136 valence electrons. The number of alkyl halides is 1. The molecule has 0 aliphatic heterocycles. The van der Waals surface area contributed by atoms with Gasteiger partial charge >= 0.3 is 0 Å². The van der Waals surface area contributed by atoms with Crippen molar-refractivity contribution in [3.8, 4) is 6.07 Å². The van der Waals surface area contributed by atoms with Gasteiger partial charge in [-0.25, -0.2) is 14.4 Å². The van der Waals surface area contributed by atoms with Crippen molar-refractivity contribution in [3.63, 3.8) is 0 Å². The second-order valence-corrected chi connectivity index (χ2v) is 6.38. The predicted molar refractivity (Wildman–Crippen MR) is 90.0 cm³/mol. The molecule has 1 aliphatic carbocycles. The molecule has 0 saturated heterocycles. The minimum absolute atomic E-state index is 0.0660. The fourth-order valence-corrected chi connectivity index (χ4v) is 2.79. The first-order chi connectivity index (χ1) is 12.4. The Morgan fingerprint density at radius 1 is 1.54 bits per heavy atom. The minimum Gasteiger partial charge on any atom is -0.367 e. The fraction of sp³-hybridized carbons (Fsp3) is 0.500. The average Bonchev–Trinajstić information content (AvgIpc) is 3.09. The Kier molecular flexibility index (Phi) is 4.79. The Morgan fingerprint density at radius 3 is 2.96 bits per heavy atom. The van der Waals surface area contributed by atoms with Crippen molar-refractivity contribution >= 4 is 11.7 Å². The number of hydrogen-bond donors (Lipinski definition) is 2. The van der Waals surface area contributed by atoms with Crippen LogP contribution in [0.15, 0.2) is 12.4 Å². The maximum Gasteiger partial charge on any atom is 0.273 e. The van der Waals surface area contributed by atoms with E-state index in [0.717, 1.165) is 5.56 Å². The average molecular weight is 358 g/mol. The van der Waals surface area contributed by atoms with Gasteiger partial charge in [-0.15, -0.1) is 5.10 Å². The first-order valence-electron chi connectivity index (χ1n) is 8.30. The lowest BCUT2D eigenvalue weighted by Crippen LogP contribution is -2.54. The first-order valence-corrected chi connectivity index (χ1v) is 8.30. The Labute approximate surface area is 149 Å². The van der Waals surface area contributed by atoms with E-state index in [-0.39, 0.29) is 36.9 Å². The van der Waals surface area contributed by atoms with Crippen LogP contribution >= 0.6 is 0 Å².